The van der Waals surface area contributed by atoms with Crippen LogP contribution in [0.15, 0.2) is 24.3 Å². The van der Waals surface area contributed by atoms with E-state index >= 15 is 0 Å². The van der Waals surface area contributed by atoms with Gasteiger partial charge in [0.2, 0.25) is 0 Å². The molecule has 2 aliphatic rings. The highest BCUT2D eigenvalue weighted by molar-refractivity contribution is 7.82. The van der Waals surface area contributed by atoms with Gasteiger partial charge in [-0.25, -0.2) is 0 Å². The normalized spacial score (nSPS) is 18.7. The fourth-order valence-electron chi connectivity index (χ4n) is 3.18. The molecule has 1 heterocycles. The van der Waals surface area contributed by atoms with Gasteiger partial charge in [-0.15, -0.1) is 0 Å². The van der Waals surface area contributed by atoms with E-state index in [1.807, 2.05) is 23.1 Å². The lowest BCUT2D eigenvalue weighted by Gasteiger charge is -2.30. The number of benzene rings is 1. The average Bonchev–Trinajstić information content (AvgIpc) is 2.99. The fourth-order valence-corrected chi connectivity index (χ4v) is 3.46. The number of amides is 1. The Bertz CT molecular complexity index is 523. The van der Waals surface area contributed by atoms with Gasteiger partial charge in [0.15, 0.2) is 4.99 Å². The number of fused-ring (bicyclic) bond motifs is 1. The number of thiocarbonyl (C=S) groups is 1. The van der Waals surface area contributed by atoms with Gasteiger partial charge >= 0.3 is 0 Å². The minimum atomic E-state index is -0.0425. The molecule has 1 saturated carbocycles. The molecule has 0 aromatic heterocycles. The molecule has 4 heteroatoms. The molecular formula is C16H20N2OS. The Morgan fingerprint density at radius 3 is 2.75 bits per heavy atom. The lowest BCUT2D eigenvalue weighted by Crippen LogP contribution is -2.46. The summed E-state index contributed by atoms with van der Waals surface area (Å²) < 4.78 is 0. The zero-order valence-corrected chi connectivity index (χ0v) is 12.4. The number of para-hydroxylation sites is 1. The van der Waals surface area contributed by atoms with Gasteiger partial charge in [0.05, 0.1) is 0 Å². The predicted octanol–water partition coefficient (Wildman–Crippen LogP) is 2.83. The third kappa shape index (κ3) is 2.70. The quantitative estimate of drug-likeness (QED) is 0.807. The van der Waals surface area contributed by atoms with E-state index in [0.29, 0.717) is 11.0 Å². The topological polar surface area (TPSA) is 32.3 Å². The smallest absolute Gasteiger partial charge is 0.285 e. The maximum Gasteiger partial charge on any atom is 0.285 e. The van der Waals surface area contributed by atoms with Crippen LogP contribution in [0.5, 0.6) is 0 Å². The number of nitrogens with one attached hydrogen (secondary N) is 1. The van der Waals surface area contributed by atoms with Crippen LogP contribution in [-0.2, 0) is 11.2 Å². The molecule has 20 heavy (non-hydrogen) atoms. The van der Waals surface area contributed by atoms with Crippen molar-refractivity contribution >= 4 is 28.8 Å². The highest BCUT2D eigenvalue weighted by Gasteiger charge is 2.26. The first-order valence-electron chi connectivity index (χ1n) is 7.46. The van der Waals surface area contributed by atoms with Crippen molar-refractivity contribution < 1.29 is 4.79 Å². The molecule has 1 aliphatic heterocycles. The largest absolute Gasteiger partial charge is 0.369 e. The Labute approximate surface area is 125 Å². The summed E-state index contributed by atoms with van der Waals surface area (Å²) in [5.74, 6) is -0.0425. The van der Waals surface area contributed by atoms with E-state index in [0.717, 1.165) is 37.9 Å². The molecule has 0 atom stereocenters. The van der Waals surface area contributed by atoms with Crippen LogP contribution in [-0.4, -0.2) is 23.5 Å². The Kier molecular flexibility index (Phi) is 4.01. The third-order valence-electron chi connectivity index (χ3n) is 4.24. The van der Waals surface area contributed by atoms with E-state index in [-0.39, 0.29) is 5.91 Å². The monoisotopic (exact) mass is 288 g/mol. The summed E-state index contributed by atoms with van der Waals surface area (Å²) in [6.07, 6.45) is 6.79. The Morgan fingerprint density at radius 1 is 1.20 bits per heavy atom. The van der Waals surface area contributed by atoms with Crippen LogP contribution in [0.4, 0.5) is 5.69 Å². The first-order chi connectivity index (χ1) is 9.75. The van der Waals surface area contributed by atoms with Gasteiger partial charge in [-0.05, 0) is 37.3 Å². The molecular weight excluding hydrogens is 268 g/mol. The van der Waals surface area contributed by atoms with Crippen LogP contribution in [0, 0.1) is 0 Å². The molecule has 0 unspecified atom stereocenters. The first-order valence-corrected chi connectivity index (χ1v) is 7.87. The molecule has 0 spiro atoms. The molecule has 1 aromatic carbocycles. The van der Waals surface area contributed by atoms with Gasteiger partial charge < -0.3 is 10.2 Å². The number of carbonyl (C=O) groups is 1. The number of hydrogen-bond acceptors (Lipinski definition) is 2. The number of nitrogens with zero attached hydrogens (tertiary/aromatic N) is 1. The molecule has 0 radical (unpaired) electrons. The van der Waals surface area contributed by atoms with E-state index in [9.17, 15) is 4.79 Å². The van der Waals surface area contributed by atoms with Crippen molar-refractivity contribution in [2.75, 3.05) is 11.4 Å². The molecule has 1 fully saturated rings. The van der Waals surface area contributed by atoms with E-state index in [4.69, 9.17) is 12.2 Å². The minimum absolute atomic E-state index is 0.0425. The second-order valence-electron chi connectivity index (χ2n) is 5.64. The van der Waals surface area contributed by atoms with Crippen LogP contribution in [0.2, 0.25) is 0 Å². The Balaban J connectivity index is 1.72. The summed E-state index contributed by atoms with van der Waals surface area (Å²) >= 11 is 5.32. The van der Waals surface area contributed by atoms with Gasteiger partial charge in [0, 0.05) is 18.3 Å². The van der Waals surface area contributed by atoms with Crippen molar-refractivity contribution in [1.82, 2.24) is 5.32 Å². The summed E-state index contributed by atoms with van der Waals surface area (Å²) in [5.41, 5.74) is 2.27. The van der Waals surface area contributed by atoms with Crippen LogP contribution in [0.1, 0.15) is 37.7 Å². The van der Waals surface area contributed by atoms with Crippen molar-refractivity contribution in [3.05, 3.63) is 29.8 Å². The first kappa shape index (κ1) is 13.6. The lowest BCUT2D eigenvalue weighted by molar-refractivity contribution is -0.112. The Morgan fingerprint density at radius 2 is 1.95 bits per heavy atom. The molecule has 3 nitrogen and oxygen atoms in total. The highest BCUT2D eigenvalue weighted by atomic mass is 32.1. The molecule has 3 rings (SSSR count). The second-order valence-corrected chi connectivity index (χ2v) is 6.05. The molecule has 1 aliphatic carbocycles. The summed E-state index contributed by atoms with van der Waals surface area (Å²) in [6.45, 7) is 0.766. The van der Waals surface area contributed by atoms with Crippen LogP contribution < -0.4 is 10.2 Å². The van der Waals surface area contributed by atoms with Gasteiger partial charge in [0.1, 0.15) is 0 Å². The number of hydrogen-bond donors (Lipinski definition) is 1. The lowest BCUT2D eigenvalue weighted by atomic mass is 10.0. The fraction of sp³-hybridized carbons (Fsp3) is 0.500. The number of carbonyl (C=O) groups excluding carboxylic acids is 1. The van der Waals surface area contributed by atoms with Crippen LogP contribution >= 0.6 is 12.2 Å². The molecule has 1 amide bonds. The van der Waals surface area contributed by atoms with Crippen molar-refractivity contribution in [1.29, 1.82) is 0 Å². The SMILES string of the molecule is O=C(C(=S)NC1CCCC1)N1CCCc2ccccc21. The molecule has 0 saturated heterocycles. The maximum absolute atomic E-state index is 12.6. The van der Waals surface area contributed by atoms with Gasteiger partial charge in [-0.3, -0.25) is 4.79 Å². The summed E-state index contributed by atoms with van der Waals surface area (Å²) in [6, 6.07) is 8.53. The molecule has 106 valence electrons. The molecule has 1 N–H and O–H groups in total. The van der Waals surface area contributed by atoms with Gasteiger partial charge in [-0.1, -0.05) is 43.3 Å². The molecule has 0 bridgehead atoms. The van der Waals surface area contributed by atoms with E-state index in [1.54, 1.807) is 0 Å². The standard InChI is InChI=1S/C16H20N2OS/c19-16(15(20)17-13-8-2-3-9-13)18-11-5-7-12-6-1-4-10-14(12)18/h1,4,6,10,13H,2-3,5,7-9,11H2,(H,17,20). The number of rotatable bonds is 1. The highest BCUT2D eigenvalue weighted by Crippen LogP contribution is 2.27. The van der Waals surface area contributed by atoms with Crippen LogP contribution in [0.3, 0.4) is 0 Å². The third-order valence-corrected chi connectivity index (χ3v) is 4.53. The van der Waals surface area contributed by atoms with Gasteiger partial charge in [0.25, 0.3) is 5.91 Å². The summed E-state index contributed by atoms with van der Waals surface area (Å²) in [5, 5.41) is 3.25. The summed E-state index contributed by atoms with van der Waals surface area (Å²) in [7, 11) is 0. The van der Waals surface area contributed by atoms with E-state index in [1.165, 1.54) is 18.4 Å². The van der Waals surface area contributed by atoms with Gasteiger partial charge in [-0.2, -0.15) is 0 Å². The van der Waals surface area contributed by atoms with Crippen molar-refractivity contribution in [3.8, 4) is 0 Å². The molecule has 1 aromatic rings. The Hall–Kier alpha value is -1.42. The van der Waals surface area contributed by atoms with Crippen LogP contribution in [0.25, 0.3) is 0 Å². The number of anilines is 1. The predicted molar refractivity (Wildman–Crippen MR) is 85.1 cm³/mol. The average molecular weight is 288 g/mol. The van der Waals surface area contributed by atoms with Crippen molar-refractivity contribution in [3.63, 3.8) is 0 Å². The maximum atomic E-state index is 12.6. The van der Waals surface area contributed by atoms with E-state index in [2.05, 4.69) is 11.4 Å². The zero-order valence-electron chi connectivity index (χ0n) is 11.6. The van der Waals surface area contributed by atoms with Crippen molar-refractivity contribution in [2.45, 2.75) is 44.6 Å². The zero-order chi connectivity index (χ0) is 13.9. The minimum Gasteiger partial charge on any atom is -0.369 e. The second kappa shape index (κ2) is 5.92. The summed E-state index contributed by atoms with van der Waals surface area (Å²) in [4.78, 5) is 14.8. The van der Waals surface area contributed by atoms with E-state index < -0.39 is 0 Å². The van der Waals surface area contributed by atoms with Crippen molar-refractivity contribution in [2.24, 2.45) is 0 Å². The number of aryl methyl sites for hydroxylation is 1.